The maximum absolute atomic E-state index is 11.5. The number of carbonyl (C=O) groups excluding carboxylic acids is 1. The van der Waals surface area contributed by atoms with Crippen molar-refractivity contribution in [1.82, 2.24) is 0 Å². The van der Waals surface area contributed by atoms with Gasteiger partial charge in [0.05, 0.1) is 19.1 Å². The van der Waals surface area contributed by atoms with E-state index in [-0.39, 0.29) is 5.97 Å². The third-order valence-corrected chi connectivity index (χ3v) is 3.44. The van der Waals surface area contributed by atoms with E-state index in [9.17, 15) is 9.00 Å². The lowest BCUT2D eigenvalue weighted by Crippen LogP contribution is -2.32. The van der Waals surface area contributed by atoms with E-state index in [1.807, 2.05) is 0 Å². The molecule has 0 saturated carbocycles. The molecule has 0 aromatic heterocycles. The summed E-state index contributed by atoms with van der Waals surface area (Å²) in [5.41, 5.74) is -0.687. The molecular weight excluding hydrogens is 204 g/mol. The summed E-state index contributed by atoms with van der Waals surface area (Å²) in [6.07, 6.45) is 0. The standard InChI is InChI=1S/C9H18O4S/c1-9(2,8(10)13-4)7-14(11)6-5-12-3/h5-7H2,1-4H3. The molecule has 0 aliphatic heterocycles. The fraction of sp³-hybridized carbons (Fsp3) is 0.889. The van der Waals surface area contributed by atoms with Gasteiger partial charge >= 0.3 is 5.97 Å². The van der Waals surface area contributed by atoms with E-state index in [0.717, 1.165) is 0 Å². The van der Waals surface area contributed by atoms with Crippen molar-refractivity contribution in [2.75, 3.05) is 32.3 Å². The van der Waals surface area contributed by atoms with Crippen LogP contribution in [0.2, 0.25) is 0 Å². The third kappa shape index (κ3) is 4.72. The second-order valence-corrected chi connectivity index (χ2v) is 5.23. The minimum Gasteiger partial charge on any atom is -0.469 e. The van der Waals surface area contributed by atoms with Crippen LogP contribution in [0, 0.1) is 5.41 Å². The molecule has 1 atom stereocenters. The van der Waals surface area contributed by atoms with Crippen LogP contribution in [0.25, 0.3) is 0 Å². The zero-order valence-electron chi connectivity index (χ0n) is 9.16. The van der Waals surface area contributed by atoms with Gasteiger partial charge in [-0.1, -0.05) is 0 Å². The van der Waals surface area contributed by atoms with Crippen LogP contribution in [0.3, 0.4) is 0 Å². The summed E-state index contributed by atoms with van der Waals surface area (Å²) >= 11 is 0. The molecule has 0 fully saturated rings. The van der Waals surface area contributed by atoms with Crippen LogP contribution in [0.4, 0.5) is 0 Å². The van der Waals surface area contributed by atoms with Crippen molar-refractivity contribution >= 4 is 16.8 Å². The fourth-order valence-electron chi connectivity index (χ4n) is 0.986. The van der Waals surface area contributed by atoms with Crippen molar-refractivity contribution < 1.29 is 18.5 Å². The van der Waals surface area contributed by atoms with E-state index in [4.69, 9.17) is 4.74 Å². The molecule has 0 amide bonds. The topological polar surface area (TPSA) is 52.6 Å². The summed E-state index contributed by atoms with van der Waals surface area (Å²) in [6.45, 7) is 3.90. The van der Waals surface area contributed by atoms with Crippen molar-refractivity contribution in [1.29, 1.82) is 0 Å². The molecule has 0 aliphatic rings. The number of ether oxygens (including phenoxy) is 2. The van der Waals surface area contributed by atoms with Gasteiger partial charge in [0.15, 0.2) is 0 Å². The Balaban J connectivity index is 4.08. The van der Waals surface area contributed by atoms with E-state index in [0.29, 0.717) is 18.1 Å². The Bertz CT molecular complexity index is 213. The Morgan fingerprint density at radius 2 is 1.93 bits per heavy atom. The first-order valence-electron chi connectivity index (χ1n) is 4.36. The number of carbonyl (C=O) groups is 1. The monoisotopic (exact) mass is 222 g/mol. The second-order valence-electron chi connectivity index (χ2n) is 3.66. The molecule has 0 aliphatic carbocycles. The molecule has 0 bridgehead atoms. The predicted molar refractivity (Wildman–Crippen MR) is 55.5 cm³/mol. The van der Waals surface area contributed by atoms with Crippen molar-refractivity contribution in [3.63, 3.8) is 0 Å². The third-order valence-electron chi connectivity index (χ3n) is 1.77. The van der Waals surface area contributed by atoms with Crippen molar-refractivity contribution in [3.05, 3.63) is 0 Å². The number of hydrogen-bond acceptors (Lipinski definition) is 4. The summed E-state index contributed by atoms with van der Waals surface area (Å²) in [5, 5.41) is 0. The van der Waals surface area contributed by atoms with E-state index < -0.39 is 16.2 Å². The van der Waals surface area contributed by atoms with Gasteiger partial charge in [0, 0.05) is 29.4 Å². The van der Waals surface area contributed by atoms with Crippen LogP contribution >= 0.6 is 0 Å². The molecule has 84 valence electrons. The minimum atomic E-state index is -1.04. The molecule has 1 unspecified atom stereocenters. The van der Waals surface area contributed by atoms with Crippen LogP contribution in [0.1, 0.15) is 13.8 Å². The fourth-order valence-corrected chi connectivity index (χ4v) is 2.41. The molecular formula is C9H18O4S. The first-order chi connectivity index (χ1) is 6.44. The zero-order valence-corrected chi connectivity index (χ0v) is 9.98. The highest BCUT2D eigenvalue weighted by Crippen LogP contribution is 2.18. The molecule has 0 N–H and O–H groups in total. The van der Waals surface area contributed by atoms with Crippen LogP contribution in [-0.2, 0) is 25.1 Å². The van der Waals surface area contributed by atoms with Gasteiger partial charge < -0.3 is 9.47 Å². The highest BCUT2D eigenvalue weighted by atomic mass is 32.2. The quantitative estimate of drug-likeness (QED) is 0.617. The van der Waals surface area contributed by atoms with Gasteiger partial charge in [0.1, 0.15) is 0 Å². The van der Waals surface area contributed by atoms with Crippen molar-refractivity contribution in [2.24, 2.45) is 5.41 Å². The van der Waals surface area contributed by atoms with Crippen molar-refractivity contribution in [2.45, 2.75) is 13.8 Å². The van der Waals surface area contributed by atoms with Gasteiger partial charge in [-0.05, 0) is 13.8 Å². The molecule has 0 saturated heterocycles. The number of hydrogen-bond donors (Lipinski definition) is 0. The van der Waals surface area contributed by atoms with Crippen LogP contribution in [0.15, 0.2) is 0 Å². The maximum Gasteiger partial charge on any atom is 0.312 e. The average Bonchev–Trinajstić information content (AvgIpc) is 2.12. The Kier molecular flexibility index (Phi) is 5.95. The molecule has 0 rings (SSSR count). The summed E-state index contributed by atoms with van der Waals surface area (Å²) < 4.78 is 20.9. The lowest BCUT2D eigenvalue weighted by molar-refractivity contribution is -0.149. The molecule has 0 spiro atoms. The molecule has 0 aromatic rings. The van der Waals surface area contributed by atoms with Gasteiger partial charge in [-0.25, -0.2) is 0 Å². The summed E-state index contributed by atoms with van der Waals surface area (Å²) in [6, 6.07) is 0. The number of methoxy groups -OCH3 is 2. The maximum atomic E-state index is 11.5. The summed E-state index contributed by atoms with van der Waals surface area (Å²) in [5.74, 6) is 0.434. The van der Waals surface area contributed by atoms with Crippen LogP contribution < -0.4 is 0 Å². The summed E-state index contributed by atoms with van der Waals surface area (Å²) in [4.78, 5) is 11.3. The first-order valence-corrected chi connectivity index (χ1v) is 5.85. The Labute approximate surface area is 87.4 Å². The van der Waals surface area contributed by atoms with E-state index in [1.165, 1.54) is 7.11 Å². The molecule has 14 heavy (non-hydrogen) atoms. The van der Waals surface area contributed by atoms with Gasteiger partial charge in [-0.3, -0.25) is 9.00 Å². The SMILES string of the molecule is COCCS(=O)CC(C)(C)C(=O)OC. The number of rotatable bonds is 6. The van der Waals surface area contributed by atoms with E-state index in [2.05, 4.69) is 4.74 Å². The normalized spacial score (nSPS) is 13.7. The lowest BCUT2D eigenvalue weighted by atomic mass is 9.97. The van der Waals surface area contributed by atoms with Gasteiger partial charge in [0.2, 0.25) is 0 Å². The van der Waals surface area contributed by atoms with Crippen LogP contribution in [0.5, 0.6) is 0 Å². The van der Waals surface area contributed by atoms with E-state index in [1.54, 1.807) is 21.0 Å². The largest absolute Gasteiger partial charge is 0.469 e. The molecule has 0 radical (unpaired) electrons. The van der Waals surface area contributed by atoms with Gasteiger partial charge in [-0.2, -0.15) is 0 Å². The molecule has 0 heterocycles. The smallest absolute Gasteiger partial charge is 0.312 e. The summed E-state index contributed by atoms with van der Waals surface area (Å²) in [7, 11) is 1.86. The Hall–Kier alpha value is -0.420. The van der Waals surface area contributed by atoms with Crippen molar-refractivity contribution in [3.8, 4) is 0 Å². The highest BCUT2D eigenvalue weighted by Gasteiger charge is 2.30. The number of esters is 1. The zero-order chi connectivity index (χ0) is 11.2. The lowest BCUT2D eigenvalue weighted by Gasteiger charge is -2.20. The molecule has 0 aromatic carbocycles. The first kappa shape index (κ1) is 13.6. The highest BCUT2D eigenvalue weighted by molar-refractivity contribution is 7.85. The van der Waals surface area contributed by atoms with E-state index >= 15 is 0 Å². The Morgan fingerprint density at radius 1 is 1.36 bits per heavy atom. The Morgan fingerprint density at radius 3 is 2.36 bits per heavy atom. The second kappa shape index (κ2) is 6.14. The average molecular weight is 222 g/mol. The van der Waals surface area contributed by atoms with Gasteiger partial charge in [0.25, 0.3) is 0 Å². The molecule has 5 heteroatoms. The van der Waals surface area contributed by atoms with Gasteiger partial charge in [-0.15, -0.1) is 0 Å². The minimum absolute atomic E-state index is 0.309. The predicted octanol–water partition coefficient (Wildman–Crippen LogP) is 0.581. The molecule has 4 nitrogen and oxygen atoms in total. The van der Waals surface area contributed by atoms with Crippen LogP contribution in [-0.4, -0.2) is 42.5 Å².